The summed E-state index contributed by atoms with van der Waals surface area (Å²) in [6, 6.07) is 0.423. The molecule has 1 aromatic heterocycles. The number of carbonyl (C=O) groups is 1. The Morgan fingerprint density at radius 2 is 2.30 bits per heavy atom. The van der Waals surface area contributed by atoms with Gasteiger partial charge in [-0.1, -0.05) is 32.5 Å². The minimum Gasteiger partial charge on any atom is -0.338 e. The Balaban J connectivity index is 1.64. The van der Waals surface area contributed by atoms with Crippen molar-refractivity contribution in [2.75, 3.05) is 12.3 Å². The van der Waals surface area contributed by atoms with Crippen LogP contribution in [0.5, 0.6) is 0 Å². The minimum absolute atomic E-state index is 0.234. The first-order chi connectivity index (χ1) is 9.37. The Bertz CT molecular complexity index is 501. The van der Waals surface area contributed by atoms with Gasteiger partial charge in [-0.3, -0.25) is 9.89 Å². The van der Waals surface area contributed by atoms with E-state index in [0.29, 0.717) is 27.8 Å². The molecule has 1 saturated carbocycles. The van der Waals surface area contributed by atoms with Crippen LogP contribution in [-0.2, 0) is 4.79 Å². The number of nitrogens with one attached hydrogen (secondary N) is 1. The van der Waals surface area contributed by atoms with Gasteiger partial charge in [0.25, 0.3) is 0 Å². The van der Waals surface area contributed by atoms with Crippen LogP contribution in [0.2, 0.25) is 0 Å². The number of amides is 1. The summed E-state index contributed by atoms with van der Waals surface area (Å²) in [5.74, 6) is 0.681. The molecule has 0 aromatic carbocycles. The Kier molecular flexibility index (Phi) is 3.31. The average Bonchev–Trinajstić information content (AvgIpc) is 2.91. The largest absolute Gasteiger partial charge is 0.338 e. The molecule has 6 heteroatoms. The Labute approximate surface area is 123 Å². The van der Waals surface area contributed by atoms with Crippen molar-refractivity contribution in [3.8, 4) is 0 Å². The summed E-state index contributed by atoms with van der Waals surface area (Å²) >= 11 is 1.43. The topological polar surface area (TPSA) is 61.9 Å². The molecule has 1 saturated heterocycles. The third-order valence-electron chi connectivity index (χ3n) is 4.46. The molecule has 2 bridgehead atoms. The van der Waals surface area contributed by atoms with E-state index in [2.05, 4.69) is 40.9 Å². The molecule has 0 unspecified atom stereocenters. The first-order valence-corrected chi connectivity index (χ1v) is 8.13. The molecule has 1 aromatic rings. The van der Waals surface area contributed by atoms with E-state index in [1.165, 1.54) is 24.5 Å². The van der Waals surface area contributed by atoms with Crippen LogP contribution in [0.15, 0.2) is 11.5 Å². The van der Waals surface area contributed by atoms with Gasteiger partial charge in [-0.15, -0.1) is 0 Å². The van der Waals surface area contributed by atoms with E-state index in [0.717, 1.165) is 19.4 Å². The highest BCUT2D eigenvalue weighted by molar-refractivity contribution is 7.99. The predicted molar refractivity (Wildman–Crippen MR) is 78.3 cm³/mol. The number of nitrogens with zero attached hydrogens (tertiary/aromatic N) is 3. The van der Waals surface area contributed by atoms with Gasteiger partial charge in [0.2, 0.25) is 5.91 Å². The summed E-state index contributed by atoms with van der Waals surface area (Å²) in [5, 5.41) is 7.29. The fourth-order valence-corrected chi connectivity index (χ4v) is 4.89. The van der Waals surface area contributed by atoms with Crippen LogP contribution < -0.4 is 0 Å². The summed E-state index contributed by atoms with van der Waals surface area (Å²) in [6.45, 7) is 7.90. The molecule has 1 amide bonds. The molecule has 2 aliphatic rings. The fraction of sp³-hybridized carbons (Fsp3) is 0.786. The zero-order chi connectivity index (χ0) is 14.4. The third kappa shape index (κ3) is 2.71. The molecule has 2 heterocycles. The van der Waals surface area contributed by atoms with Crippen molar-refractivity contribution in [1.29, 1.82) is 0 Å². The molecule has 2 atom stereocenters. The second kappa shape index (κ2) is 4.76. The normalized spacial score (nSPS) is 31.6. The maximum atomic E-state index is 12.5. The quantitative estimate of drug-likeness (QED) is 0.869. The van der Waals surface area contributed by atoms with E-state index >= 15 is 0 Å². The lowest BCUT2D eigenvalue weighted by molar-refractivity contribution is -0.129. The van der Waals surface area contributed by atoms with E-state index in [1.54, 1.807) is 0 Å². The molecule has 0 radical (unpaired) electrons. The molecule has 2 fully saturated rings. The SMILES string of the molecule is CC1(C)C[C@H]2C[C@](C)(CN2C(=O)CSc2ncn[nH]2)C1. The van der Waals surface area contributed by atoms with Crippen molar-refractivity contribution < 1.29 is 4.79 Å². The summed E-state index contributed by atoms with van der Waals surface area (Å²) in [7, 11) is 0. The van der Waals surface area contributed by atoms with E-state index in [9.17, 15) is 4.79 Å². The van der Waals surface area contributed by atoms with E-state index < -0.39 is 0 Å². The van der Waals surface area contributed by atoms with Crippen molar-refractivity contribution >= 4 is 17.7 Å². The second-order valence-electron chi connectivity index (χ2n) is 7.31. The predicted octanol–water partition coefficient (Wildman–Crippen LogP) is 2.32. The van der Waals surface area contributed by atoms with Crippen molar-refractivity contribution in [2.45, 2.75) is 51.2 Å². The van der Waals surface area contributed by atoms with Crippen LogP contribution in [-0.4, -0.2) is 44.3 Å². The van der Waals surface area contributed by atoms with Crippen molar-refractivity contribution in [3.63, 3.8) is 0 Å². The van der Waals surface area contributed by atoms with Crippen LogP contribution in [0, 0.1) is 10.8 Å². The van der Waals surface area contributed by atoms with Gasteiger partial charge in [0.1, 0.15) is 6.33 Å². The molecule has 0 spiro atoms. The van der Waals surface area contributed by atoms with Gasteiger partial charge < -0.3 is 4.90 Å². The van der Waals surface area contributed by atoms with Crippen LogP contribution in [0.3, 0.4) is 0 Å². The highest BCUT2D eigenvalue weighted by Crippen LogP contribution is 2.52. The minimum atomic E-state index is 0.234. The smallest absolute Gasteiger partial charge is 0.233 e. The third-order valence-corrected chi connectivity index (χ3v) is 5.32. The van der Waals surface area contributed by atoms with E-state index in [4.69, 9.17) is 0 Å². The second-order valence-corrected chi connectivity index (χ2v) is 8.28. The van der Waals surface area contributed by atoms with E-state index in [-0.39, 0.29) is 5.91 Å². The van der Waals surface area contributed by atoms with Crippen LogP contribution >= 0.6 is 11.8 Å². The number of likely N-dealkylation sites (tertiary alicyclic amines) is 1. The molecular formula is C14H22N4OS. The van der Waals surface area contributed by atoms with Gasteiger partial charge in [-0.25, -0.2) is 4.98 Å². The lowest BCUT2D eigenvalue weighted by Gasteiger charge is -2.39. The van der Waals surface area contributed by atoms with Gasteiger partial charge in [-0.2, -0.15) is 5.10 Å². The number of hydrogen-bond donors (Lipinski definition) is 1. The van der Waals surface area contributed by atoms with Crippen LogP contribution in [0.4, 0.5) is 0 Å². The van der Waals surface area contributed by atoms with Gasteiger partial charge in [0, 0.05) is 12.6 Å². The maximum absolute atomic E-state index is 12.5. The zero-order valence-electron chi connectivity index (χ0n) is 12.3. The van der Waals surface area contributed by atoms with Gasteiger partial charge >= 0.3 is 0 Å². The van der Waals surface area contributed by atoms with Crippen molar-refractivity contribution in [1.82, 2.24) is 20.1 Å². The molecule has 1 N–H and O–H groups in total. The highest BCUT2D eigenvalue weighted by Gasteiger charge is 2.50. The van der Waals surface area contributed by atoms with Gasteiger partial charge in [0.15, 0.2) is 5.16 Å². The molecule has 3 rings (SSSR count). The molecule has 1 aliphatic heterocycles. The number of thioether (sulfide) groups is 1. The number of carbonyl (C=O) groups excluding carboxylic acids is 1. The van der Waals surface area contributed by atoms with Crippen molar-refractivity contribution in [3.05, 3.63) is 6.33 Å². The Hall–Kier alpha value is -1.04. The van der Waals surface area contributed by atoms with Gasteiger partial charge in [-0.05, 0) is 30.1 Å². The van der Waals surface area contributed by atoms with Crippen LogP contribution in [0.1, 0.15) is 40.0 Å². The first-order valence-electron chi connectivity index (χ1n) is 7.15. The summed E-state index contributed by atoms with van der Waals surface area (Å²) in [4.78, 5) is 18.6. The van der Waals surface area contributed by atoms with Gasteiger partial charge in [0.05, 0.1) is 5.75 Å². The zero-order valence-corrected chi connectivity index (χ0v) is 13.2. The van der Waals surface area contributed by atoms with Crippen LogP contribution in [0.25, 0.3) is 0 Å². The number of H-pyrrole nitrogens is 1. The Morgan fingerprint density at radius 3 is 3.00 bits per heavy atom. The summed E-state index contributed by atoms with van der Waals surface area (Å²) in [5.41, 5.74) is 0.656. The number of fused-ring (bicyclic) bond motifs is 2. The molecule has 1 aliphatic carbocycles. The first kappa shape index (κ1) is 13.9. The summed E-state index contributed by atoms with van der Waals surface area (Å²) < 4.78 is 0. The standard InChI is InChI=1S/C14H22N4OS/c1-13(2)4-10-5-14(3,7-13)8-18(10)11(19)6-20-12-15-9-16-17-12/h9-10H,4-8H2,1-3H3,(H,15,16,17)/t10-,14-/m0/s1. The number of rotatable bonds is 3. The average molecular weight is 294 g/mol. The van der Waals surface area contributed by atoms with Crippen molar-refractivity contribution in [2.24, 2.45) is 10.8 Å². The Morgan fingerprint density at radius 1 is 1.50 bits per heavy atom. The summed E-state index contributed by atoms with van der Waals surface area (Å²) in [6.07, 6.45) is 4.98. The lowest BCUT2D eigenvalue weighted by atomic mass is 9.65. The molecule has 5 nitrogen and oxygen atoms in total. The molecular weight excluding hydrogens is 272 g/mol. The maximum Gasteiger partial charge on any atom is 0.233 e. The number of aromatic nitrogens is 3. The highest BCUT2D eigenvalue weighted by atomic mass is 32.2. The fourth-order valence-electron chi connectivity index (χ4n) is 4.23. The molecule has 20 heavy (non-hydrogen) atoms. The number of hydrogen-bond acceptors (Lipinski definition) is 4. The molecule has 110 valence electrons. The van der Waals surface area contributed by atoms with E-state index in [1.807, 2.05) is 0 Å². The number of aromatic amines is 1. The lowest BCUT2D eigenvalue weighted by Crippen LogP contribution is -2.38. The monoisotopic (exact) mass is 294 g/mol.